The molecular weight excluding hydrogens is 441 g/mol. The first-order valence-corrected chi connectivity index (χ1v) is 10.5. The van der Waals surface area contributed by atoms with Crippen LogP contribution in [0.1, 0.15) is 23.7 Å². The number of nitrogens with zero attached hydrogens (tertiary/aromatic N) is 1. The monoisotopic (exact) mass is 460 g/mol. The smallest absolute Gasteiger partial charge is 0.416 e. The Bertz CT molecular complexity index is 1100. The van der Waals surface area contributed by atoms with Crippen LogP contribution in [0.3, 0.4) is 0 Å². The van der Waals surface area contributed by atoms with E-state index < -0.39 is 17.7 Å². The zero-order valence-electron chi connectivity index (χ0n) is 17.0. The SMILES string of the molecule is CCOC(=O)/C=C/c1ccc(NC(=O)Cc2csc(-c3ccc(C(F)(F)F)cc3)n2)cc1. The maximum atomic E-state index is 12.7. The second-order valence-electron chi connectivity index (χ2n) is 6.65. The van der Waals surface area contributed by atoms with E-state index >= 15 is 0 Å². The van der Waals surface area contributed by atoms with Crippen molar-refractivity contribution in [3.05, 3.63) is 76.8 Å². The molecule has 0 saturated heterocycles. The van der Waals surface area contributed by atoms with Crippen LogP contribution < -0.4 is 5.32 Å². The highest BCUT2D eigenvalue weighted by molar-refractivity contribution is 7.13. The minimum Gasteiger partial charge on any atom is -0.463 e. The Hall–Kier alpha value is -3.46. The average molecular weight is 460 g/mol. The number of alkyl halides is 3. The first-order valence-electron chi connectivity index (χ1n) is 9.61. The van der Waals surface area contributed by atoms with Crippen molar-refractivity contribution in [3.63, 3.8) is 0 Å². The van der Waals surface area contributed by atoms with Gasteiger partial charge in [-0.1, -0.05) is 24.3 Å². The van der Waals surface area contributed by atoms with Gasteiger partial charge in [-0.15, -0.1) is 11.3 Å². The summed E-state index contributed by atoms with van der Waals surface area (Å²) in [4.78, 5) is 28.0. The molecular formula is C23H19F3N2O3S. The van der Waals surface area contributed by atoms with Crippen molar-refractivity contribution in [1.82, 2.24) is 4.98 Å². The number of thiazole rings is 1. The zero-order chi connectivity index (χ0) is 23.1. The number of amides is 1. The fourth-order valence-electron chi connectivity index (χ4n) is 2.72. The lowest BCUT2D eigenvalue weighted by atomic mass is 10.1. The van der Waals surface area contributed by atoms with E-state index in [1.165, 1.54) is 29.5 Å². The number of benzene rings is 2. The van der Waals surface area contributed by atoms with E-state index in [1.54, 1.807) is 42.6 Å². The molecule has 0 aliphatic heterocycles. The molecule has 5 nitrogen and oxygen atoms in total. The third-order valence-corrected chi connectivity index (χ3v) is 5.19. The van der Waals surface area contributed by atoms with Crippen LogP contribution in [-0.4, -0.2) is 23.5 Å². The molecule has 3 aromatic rings. The predicted octanol–water partition coefficient (Wildman–Crippen LogP) is 5.59. The Morgan fingerprint density at radius 1 is 1.09 bits per heavy atom. The van der Waals surface area contributed by atoms with Gasteiger partial charge >= 0.3 is 12.1 Å². The minimum atomic E-state index is -4.39. The number of aromatic nitrogens is 1. The van der Waals surface area contributed by atoms with Crippen LogP contribution in [0.4, 0.5) is 18.9 Å². The lowest BCUT2D eigenvalue weighted by Crippen LogP contribution is -2.14. The molecule has 0 saturated carbocycles. The van der Waals surface area contributed by atoms with E-state index in [9.17, 15) is 22.8 Å². The van der Waals surface area contributed by atoms with E-state index in [1.807, 2.05) is 0 Å². The zero-order valence-corrected chi connectivity index (χ0v) is 17.8. The summed E-state index contributed by atoms with van der Waals surface area (Å²) in [5, 5.41) is 5.01. The number of rotatable bonds is 7. The Balaban J connectivity index is 1.57. The normalized spacial score (nSPS) is 11.5. The molecule has 166 valence electrons. The fourth-order valence-corrected chi connectivity index (χ4v) is 3.55. The summed E-state index contributed by atoms with van der Waals surface area (Å²) in [5.74, 6) is -0.701. The predicted molar refractivity (Wildman–Crippen MR) is 117 cm³/mol. The molecule has 3 rings (SSSR count). The van der Waals surface area contributed by atoms with Crippen molar-refractivity contribution < 1.29 is 27.5 Å². The lowest BCUT2D eigenvalue weighted by Gasteiger charge is -2.06. The fraction of sp³-hybridized carbons (Fsp3) is 0.174. The molecule has 0 fully saturated rings. The van der Waals surface area contributed by atoms with Crippen LogP contribution in [0.15, 0.2) is 60.0 Å². The third kappa shape index (κ3) is 6.52. The van der Waals surface area contributed by atoms with Crippen molar-refractivity contribution in [2.24, 2.45) is 0 Å². The molecule has 32 heavy (non-hydrogen) atoms. The number of ether oxygens (including phenoxy) is 1. The molecule has 0 radical (unpaired) electrons. The maximum Gasteiger partial charge on any atom is 0.416 e. The van der Waals surface area contributed by atoms with Crippen molar-refractivity contribution >= 4 is 35.0 Å². The van der Waals surface area contributed by atoms with E-state index in [4.69, 9.17) is 4.74 Å². The van der Waals surface area contributed by atoms with Gasteiger partial charge < -0.3 is 10.1 Å². The molecule has 0 spiro atoms. The van der Waals surface area contributed by atoms with Crippen LogP contribution in [0.5, 0.6) is 0 Å². The summed E-state index contributed by atoms with van der Waals surface area (Å²) in [5.41, 5.74) is 1.72. The first kappa shape index (κ1) is 23.2. The second kappa shape index (κ2) is 10.2. The van der Waals surface area contributed by atoms with Crippen LogP contribution in [0.2, 0.25) is 0 Å². The highest BCUT2D eigenvalue weighted by atomic mass is 32.1. The van der Waals surface area contributed by atoms with E-state index in [0.717, 1.165) is 17.7 Å². The summed E-state index contributed by atoms with van der Waals surface area (Å²) in [6.07, 6.45) is -1.42. The van der Waals surface area contributed by atoms with Gasteiger partial charge in [0.1, 0.15) is 5.01 Å². The number of hydrogen-bond donors (Lipinski definition) is 1. The highest BCUT2D eigenvalue weighted by Crippen LogP contribution is 2.31. The Morgan fingerprint density at radius 2 is 1.78 bits per heavy atom. The van der Waals surface area contributed by atoms with Gasteiger partial charge in [0, 0.05) is 22.7 Å². The van der Waals surface area contributed by atoms with Gasteiger partial charge in [0.15, 0.2) is 0 Å². The second-order valence-corrected chi connectivity index (χ2v) is 7.51. The molecule has 1 aromatic heterocycles. The largest absolute Gasteiger partial charge is 0.463 e. The Kier molecular flexibility index (Phi) is 7.42. The quantitative estimate of drug-likeness (QED) is 0.369. The molecule has 0 aliphatic rings. The minimum absolute atomic E-state index is 0.0294. The number of carbonyl (C=O) groups is 2. The molecule has 2 aromatic carbocycles. The van der Waals surface area contributed by atoms with E-state index in [0.29, 0.717) is 28.6 Å². The number of carbonyl (C=O) groups excluding carboxylic acids is 2. The number of nitrogens with one attached hydrogen (secondary N) is 1. The van der Waals surface area contributed by atoms with Gasteiger partial charge in [-0.25, -0.2) is 9.78 Å². The van der Waals surface area contributed by atoms with Gasteiger partial charge in [-0.3, -0.25) is 4.79 Å². The standard InChI is InChI=1S/C23H19F3N2O3S/c1-2-31-21(30)12-5-15-3-10-18(11-4-15)27-20(29)13-19-14-32-22(28-19)16-6-8-17(9-7-16)23(24,25)26/h3-12,14H,2,13H2,1H3,(H,27,29)/b12-5+. The molecule has 9 heteroatoms. The molecule has 0 aliphatic carbocycles. The summed E-state index contributed by atoms with van der Waals surface area (Å²) in [6.45, 7) is 2.03. The van der Waals surface area contributed by atoms with Crippen LogP contribution in [-0.2, 0) is 26.9 Å². The molecule has 1 heterocycles. The maximum absolute atomic E-state index is 12.7. The Morgan fingerprint density at radius 3 is 2.41 bits per heavy atom. The summed E-state index contributed by atoms with van der Waals surface area (Å²) in [7, 11) is 0. The topological polar surface area (TPSA) is 68.3 Å². The van der Waals surface area contributed by atoms with Crippen LogP contribution >= 0.6 is 11.3 Å². The molecule has 0 unspecified atom stereocenters. The van der Waals surface area contributed by atoms with Crippen molar-refractivity contribution in [1.29, 1.82) is 0 Å². The molecule has 0 atom stereocenters. The average Bonchev–Trinajstić information content (AvgIpc) is 3.21. The highest BCUT2D eigenvalue weighted by Gasteiger charge is 2.30. The van der Waals surface area contributed by atoms with E-state index in [-0.39, 0.29) is 12.3 Å². The molecule has 1 amide bonds. The summed E-state index contributed by atoms with van der Waals surface area (Å²) < 4.78 is 42.9. The number of anilines is 1. The molecule has 1 N–H and O–H groups in total. The van der Waals surface area contributed by atoms with Crippen LogP contribution in [0, 0.1) is 0 Å². The summed E-state index contributed by atoms with van der Waals surface area (Å²) >= 11 is 1.26. The first-order chi connectivity index (χ1) is 15.2. The third-order valence-electron chi connectivity index (χ3n) is 4.25. The van der Waals surface area contributed by atoms with Gasteiger partial charge in [0.25, 0.3) is 0 Å². The van der Waals surface area contributed by atoms with Gasteiger partial charge in [-0.05, 0) is 42.8 Å². The van der Waals surface area contributed by atoms with E-state index in [2.05, 4.69) is 10.3 Å². The lowest BCUT2D eigenvalue weighted by molar-refractivity contribution is -0.138. The Labute approximate surface area is 186 Å². The van der Waals surface area contributed by atoms with Gasteiger partial charge in [-0.2, -0.15) is 13.2 Å². The van der Waals surface area contributed by atoms with Crippen molar-refractivity contribution in [3.8, 4) is 10.6 Å². The van der Waals surface area contributed by atoms with Crippen molar-refractivity contribution in [2.75, 3.05) is 11.9 Å². The molecule has 0 bridgehead atoms. The van der Waals surface area contributed by atoms with Crippen molar-refractivity contribution in [2.45, 2.75) is 19.5 Å². The van der Waals surface area contributed by atoms with Crippen LogP contribution in [0.25, 0.3) is 16.6 Å². The number of hydrogen-bond acceptors (Lipinski definition) is 5. The van der Waals surface area contributed by atoms with Gasteiger partial charge in [0.05, 0.1) is 24.3 Å². The van der Waals surface area contributed by atoms with Gasteiger partial charge in [0.2, 0.25) is 5.91 Å². The number of halogens is 3. The number of esters is 1. The summed E-state index contributed by atoms with van der Waals surface area (Å²) in [6, 6.07) is 11.7.